The van der Waals surface area contributed by atoms with Crippen molar-refractivity contribution in [3.8, 4) is 0 Å². The Labute approximate surface area is 150 Å². The molecule has 26 heavy (non-hydrogen) atoms. The van der Waals surface area contributed by atoms with Crippen LogP contribution in [0.1, 0.15) is 39.3 Å². The maximum atomic E-state index is 12.2. The first-order valence-electron chi connectivity index (χ1n) is 8.99. The van der Waals surface area contributed by atoms with Crippen LogP contribution in [0.3, 0.4) is 0 Å². The third kappa shape index (κ3) is 3.49. The van der Waals surface area contributed by atoms with Crippen LogP contribution in [-0.2, 0) is 23.7 Å². The Morgan fingerprint density at radius 1 is 1.27 bits per heavy atom. The lowest BCUT2D eigenvalue weighted by molar-refractivity contribution is -0.219. The maximum absolute atomic E-state index is 12.2. The van der Waals surface area contributed by atoms with Gasteiger partial charge >= 0.3 is 5.69 Å². The van der Waals surface area contributed by atoms with E-state index in [1.54, 1.807) is 0 Å². The largest absolute Gasteiger partial charge is 0.353 e. The lowest BCUT2D eigenvalue weighted by Crippen LogP contribution is -2.37. The van der Waals surface area contributed by atoms with Crippen molar-refractivity contribution in [2.45, 2.75) is 69.7 Å². The summed E-state index contributed by atoms with van der Waals surface area (Å²) in [5, 5.41) is 0. The molecule has 3 aliphatic heterocycles. The number of hydrogen-bond acceptors (Lipinski definition) is 7. The minimum atomic E-state index is -0.789. The summed E-state index contributed by atoms with van der Waals surface area (Å²) >= 11 is 0. The number of nitrogens with zero attached hydrogens (tertiary/aromatic N) is 1. The SMILES string of the molecule is CC1(C)O[C@@H]2[C@H](O1)[C@@H](COC1CCCCO1)O[C@H]2n1ccc(=O)[nH]c1=O. The maximum Gasteiger partial charge on any atom is 0.330 e. The summed E-state index contributed by atoms with van der Waals surface area (Å²) in [7, 11) is 0. The van der Waals surface area contributed by atoms with Crippen LogP contribution in [0.2, 0.25) is 0 Å². The molecule has 4 heterocycles. The molecule has 1 N–H and O–H groups in total. The summed E-state index contributed by atoms with van der Waals surface area (Å²) in [5.41, 5.74) is -1.01. The number of nitrogens with one attached hydrogen (secondary N) is 1. The Kier molecular flexibility index (Phi) is 4.74. The highest BCUT2D eigenvalue weighted by Crippen LogP contribution is 2.42. The van der Waals surface area contributed by atoms with E-state index in [0.717, 1.165) is 19.3 Å². The van der Waals surface area contributed by atoms with E-state index in [1.807, 2.05) is 13.8 Å². The molecule has 0 saturated carbocycles. The van der Waals surface area contributed by atoms with E-state index in [9.17, 15) is 9.59 Å². The van der Waals surface area contributed by atoms with E-state index in [1.165, 1.54) is 16.8 Å². The van der Waals surface area contributed by atoms with E-state index in [4.69, 9.17) is 23.7 Å². The molecule has 0 bridgehead atoms. The van der Waals surface area contributed by atoms with Crippen molar-refractivity contribution in [3.05, 3.63) is 33.1 Å². The molecular formula is C17H24N2O7. The van der Waals surface area contributed by atoms with Crippen LogP contribution in [0.25, 0.3) is 0 Å². The van der Waals surface area contributed by atoms with Crippen molar-refractivity contribution in [3.63, 3.8) is 0 Å². The van der Waals surface area contributed by atoms with Gasteiger partial charge in [0.05, 0.1) is 6.61 Å². The molecule has 0 aromatic carbocycles. The molecule has 1 unspecified atom stereocenters. The van der Waals surface area contributed by atoms with Gasteiger partial charge in [-0.2, -0.15) is 0 Å². The summed E-state index contributed by atoms with van der Waals surface area (Å²) in [6.45, 7) is 4.62. The summed E-state index contributed by atoms with van der Waals surface area (Å²) < 4.78 is 30.7. The molecule has 9 heteroatoms. The zero-order chi connectivity index (χ0) is 18.3. The van der Waals surface area contributed by atoms with E-state index in [2.05, 4.69) is 4.98 Å². The monoisotopic (exact) mass is 368 g/mol. The van der Waals surface area contributed by atoms with Crippen molar-refractivity contribution in [2.75, 3.05) is 13.2 Å². The molecule has 144 valence electrons. The van der Waals surface area contributed by atoms with Crippen molar-refractivity contribution in [2.24, 2.45) is 0 Å². The minimum absolute atomic E-state index is 0.240. The van der Waals surface area contributed by atoms with Crippen LogP contribution < -0.4 is 11.2 Å². The Bertz CT molecular complexity index is 752. The zero-order valence-electron chi connectivity index (χ0n) is 14.9. The number of aromatic amines is 1. The number of H-pyrrole nitrogens is 1. The summed E-state index contributed by atoms with van der Waals surface area (Å²) in [6.07, 6.45) is 2.18. The lowest BCUT2D eigenvalue weighted by Gasteiger charge is -2.27. The predicted molar refractivity (Wildman–Crippen MR) is 88.6 cm³/mol. The van der Waals surface area contributed by atoms with Gasteiger partial charge in [0.1, 0.15) is 18.3 Å². The van der Waals surface area contributed by atoms with Gasteiger partial charge in [0, 0.05) is 18.9 Å². The fraction of sp³-hybridized carbons (Fsp3) is 0.765. The Morgan fingerprint density at radius 3 is 2.81 bits per heavy atom. The normalized spacial score (nSPS) is 36.2. The van der Waals surface area contributed by atoms with Crippen LogP contribution in [0.4, 0.5) is 0 Å². The Hall–Kier alpha value is -1.52. The summed E-state index contributed by atoms with van der Waals surface area (Å²) in [5.74, 6) is -0.789. The highest BCUT2D eigenvalue weighted by Gasteiger charge is 2.56. The average molecular weight is 368 g/mol. The second-order valence-corrected chi connectivity index (χ2v) is 7.28. The standard InChI is InChI=1S/C17H24N2O7/c1-17(2)25-13-10(9-23-12-5-3-4-8-22-12)24-15(14(13)26-17)19-7-6-11(20)18-16(19)21/h6-7,10,12-15H,3-5,8-9H2,1-2H3,(H,18,20,21)/t10-,12?,13-,14-,15-/m1/s1. The molecule has 9 nitrogen and oxygen atoms in total. The van der Waals surface area contributed by atoms with Crippen molar-refractivity contribution in [1.29, 1.82) is 0 Å². The van der Waals surface area contributed by atoms with Crippen molar-refractivity contribution >= 4 is 0 Å². The molecule has 3 fully saturated rings. The van der Waals surface area contributed by atoms with Gasteiger partial charge < -0.3 is 23.7 Å². The Morgan fingerprint density at radius 2 is 2.08 bits per heavy atom. The average Bonchev–Trinajstić information content (AvgIpc) is 3.07. The molecule has 0 radical (unpaired) electrons. The molecule has 0 amide bonds. The lowest BCUT2D eigenvalue weighted by atomic mass is 10.1. The van der Waals surface area contributed by atoms with Gasteiger partial charge in [0.2, 0.25) is 0 Å². The van der Waals surface area contributed by atoms with Crippen molar-refractivity contribution in [1.82, 2.24) is 9.55 Å². The van der Waals surface area contributed by atoms with E-state index in [0.29, 0.717) is 6.61 Å². The van der Waals surface area contributed by atoms with E-state index in [-0.39, 0.29) is 19.0 Å². The summed E-state index contributed by atoms with van der Waals surface area (Å²) in [6, 6.07) is 1.28. The topological polar surface area (TPSA) is 101 Å². The third-order valence-electron chi connectivity index (χ3n) is 4.83. The molecular weight excluding hydrogens is 344 g/mol. The van der Waals surface area contributed by atoms with Gasteiger partial charge in [-0.25, -0.2) is 4.79 Å². The minimum Gasteiger partial charge on any atom is -0.353 e. The van der Waals surface area contributed by atoms with Gasteiger partial charge in [-0.1, -0.05) is 0 Å². The predicted octanol–water partition coefficient (Wildman–Crippen LogP) is 0.497. The van der Waals surface area contributed by atoms with Gasteiger partial charge in [-0.3, -0.25) is 14.3 Å². The summed E-state index contributed by atoms with van der Waals surface area (Å²) in [4.78, 5) is 25.7. The first-order chi connectivity index (χ1) is 12.4. The molecule has 0 spiro atoms. The highest BCUT2D eigenvalue weighted by molar-refractivity contribution is 4.98. The molecule has 4 rings (SSSR count). The number of rotatable bonds is 4. The second-order valence-electron chi connectivity index (χ2n) is 7.28. The van der Waals surface area contributed by atoms with Crippen LogP contribution in [0.15, 0.2) is 21.9 Å². The number of fused-ring (bicyclic) bond motifs is 1. The number of hydrogen-bond donors (Lipinski definition) is 1. The molecule has 5 atom stereocenters. The van der Waals surface area contributed by atoms with Crippen molar-refractivity contribution < 1.29 is 23.7 Å². The highest BCUT2D eigenvalue weighted by atomic mass is 16.8. The van der Waals surface area contributed by atoms with Crippen LogP contribution in [0.5, 0.6) is 0 Å². The van der Waals surface area contributed by atoms with E-state index >= 15 is 0 Å². The van der Waals surface area contributed by atoms with Crippen LogP contribution >= 0.6 is 0 Å². The first kappa shape index (κ1) is 17.9. The molecule has 0 aliphatic carbocycles. The number of ether oxygens (including phenoxy) is 5. The smallest absolute Gasteiger partial charge is 0.330 e. The fourth-order valence-corrected chi connectivity index (χ4v) is 3.69. The fourth-order valence-electron chi connectivity index (χ4n) is 3.69. The van der Waals surface area contributed by atoms with E-state index < -0.39 is 35.5 Å². The zero-order valence-corrected chi connectivity index (χ0v) is 14.9. The Balaban J connectivity index is 1.52. The molecule has 1 aromatic rings. The van der Waals surface area contributed by atoms with Gasteiger partial charge in [-0.05, 0) is 33.1 Å². The van der Waals surface area contributed by atoms with Gasteiger partial charge in [0.25, 0.3) is 5.56 Å². The van der Waals surface area contributed by atoms with Crippen LogP contribution in [0, 0.1) is 0 Å². The third-order valence-corrected chi connectivity index (χ3v) is 4.83. The quantitative estimate of drug-likeness (QED) is 0.826. The van der Waals surface area contributed by atoms with Gasteiger partial charge in [-0.15, -0.1) is 0 Å². The number of aromatic nitrogens is 2. The molecule has 3 aliphatic rings. The molecule has 3 saturated heterocycles. The van der Waals surface area contributed by atoms with Crippen LogP contribution in [-0.4, -0.2) is 53.2 Å². The first-order valence-corrected chi connectivity index (χ1v) is 8.99. The molecule has 1 aromatic heterocycles. The van der Waals surface area contributed by atoms with Gasteiger partial charge in [0.15, 0.2) is 18.3 Å². The second kappa shape index (κ2) is 6.90.